The molecular weight excluding hydrogens is 218 g/mol. The van der Waals surface area contributed by atoms with Crippen molar-refractivity contribution in [3.63, 3.8) is 0 Å². The van der Waals surface area contributed by atoms with Gasteiger partial charge in [-0.15, -0.1) is 6.58 Å². The Balaban J connectivity index is -0.0000000654. The number of hydrogen-bond donors (Lipinski definition) is 3. The minimum atomic E-state index is -0.125. The largest absolute Gasteiger partial charge is 1.00 e. The van der Waals surface area contributed by atoms with Gasteiger partial charge in [0.05, 0.1) is 41.0 Å². The van der Waals surface area contributed by atoms with Crippen LogP contribution in [0.15, 0.2) is 12.7 Å². The first-order chi connectivity index (χ1) is 6.39. The number of halogens is 1. The molecule has 0 aromatic carbocycles. The number of hydrogen-bond acceptors (Lipinski definition) is 3. The lowest BCUT2D eigenvalue weighted by molar-refractivity contribution is -0.870. The third kappa shape index (κ3) is 82.4. The first kappa shape index (κ1) is 24.2. The smallest absolute Gasteiger partial charge is 0.101 e. The lowest BCUT2D eigenvalue weighted by Crippen LogP contribution is -3.00. The van der Waals surface area contributed by atoms with E-state index in [-0.39, 0.29) is 32.2 Å². The van der Waals surface area contributed by atoms with Gasteiger partial charge in [-0.25, -0.2) is 0 Å². The molecule has 15 heavy (non-hydrogen) atoms. The molecule has 0 amide bonds. The molecule has 4 nitrogen and oxygen atoms in total. The van der Waals surface area contributed by atoms with Gasteiger partial charge < -0.3 is 32.2 Å². The van der Waals surface area contributed by atoms with Crippen LogP contribution in [0.1, 0.15) is 6.92 Å². The van der Waals surface area contributed by atoms with Crippen molar-refractivity contribution in [3.8, 4) is 0 Å². The van der Waals surface area contributed by atoms with E-state index in [1.165, 1.54) is 0 Å². The molecule has 0 atom stereocenters. The van der Waals surface area contributed by atoms with Crippen LogP contribution in [0.4, 0.5) is 0 Å². The lowest BCUT2D eigenvalue weighted by Gasteiger charge is -2.21. The third-order valence-electron chi connectivity index (χ3n) is 0.871. The molecule has 0 saturated carbocycles. The summed E-state index contributed by atoms with van der Waals surface area (Å²) in [6.45, 7) is 6.11. The van der Waals surface area contributed by atoms with Crippen molar-refractivity contribution in [2.75, 3.05) is 47.5 Å². The average molecular weight is 244 g/mol. The SMILES string of the molecule is C=CC.C[N+](C)(C)CCO.OCCO.[Cl-]. The predicted molar refractivity (Wildman–Crippen MR) is 60.0 cm³/mol. The van der Waals surface area contributed by atoms with Crippen LogP contribution in [-0.2, 0) is 0 Å². The Morgan fingerprint density at radius 2 is 1.27 bits per heavy atom. The molecule has 0 aromatic rings. The molecule has 0 spiro atoms. The van der Waals surface area contributed by atoms with Gasteiger partial charge in [0.15, 0.2) is 0 Å². The maximum absolute atomic E-state index is 8.39. The highest BCUT2D eigenvalue weighted by molar-refractivity contribution is 4.51. The maximum atomic E-state index is 8.39. The molecule has 0 radical (unpaired) electrons. The number of allylic oxidation sites excluding steroid dienone is 1. The van der Waals surface area contributed by atoms with Gasteiger partial charge in [0.2, 0.25) is 0 Å². The van der Waals surface area contributed by atoms with E-state index in [0.29, 0.717) is 0 Å². The predicted octanol–water partition coefficient (Wildman–Crippen LogP) is -3.15. The molecule has 96 valence electrons. The van der Waals surface area contributed by atoms with Gasteiger partial charge in [0.1, 0.15) is 6.54 Å². The van der Waals surface area contributed by atoms with Crippen LogP contribution in [0.3, 0.4) is 0 Å². The Kier molecular flexibility index (Phi) is 31.4. The summed E-state index contributed by atoms with van der Waals surface area (Å²) in [5, 5.41) is 23.6. The summed E-state index contributed by atoms with van der Waals surface area (Å²) < 4.78 is 0.844. The molecule has 0 aliphatic rings. The van der Waals surface area contributed by atoms with E-state index < -0.39 is 0 Å². The van der Waals surface area contributed by atoms with E-state index in [2.05, 4.69) is 27.7 Å². The summed E-state index contributed by atoms with van der Waals surface area (Å²) in [6, 6.07) is 0. The van der Waals surface area contributed by atoms with Crippen molar-refractivity contribution in [1.29, 1.82) is 0 Å². The molecule has 3 N–H and O–H groups in total. The first-order valence-electron chi connectivity index (χ1n) is 4.59. The van der Waals surface area contributed by atoms with Crippen LogP contribution in [0.5, 0.6) is 0 Å². The molecule has 0 unspecified atom stereocenters. The summed E-state index contributed by atoms with van der Waals surface area (Å²) in [5.41, 5.74) is 0. The minimum absolute atomic E-state index is 0. The summed E-state index contributed by atoms with van der Waals surface area (Å²) in [4.78, 5) is 0. The van der Waals surface area contributed by atoms with Crippen molar-refractivity contribution in [1.82, 2.24) is 0 Å². The second kappa shape index (κ2) is 19.4. The molecule has 0 saturated heterocycles. The molecule has 0 aromatic heterocycles. The zero-order chi connectivity index (χ0) is 12.0. The highest BCUT2D eigenvalue weighted by atomic mass is 35.5. The molecular formula is C10H26ClNO3. The molecule has 0 rings (SSSR count). The van der Waals surface area contributed by atoms with Crippen LogP contribution >= 0.6 is 0 Å². The van der Waals surface area contributed by atoms with Gasteiger partial charge in [-0.05, 0) is 6.92 Å². The van der Waals surface area contributed by atoms with E-state index in [0.717, 1.165) is 11.0 Å². The fourth-order valence-corrected chi connectivity index (χ4v) is 0.300. The van der Waals surface area contributed by atoms with Crippen molar-refractivity contribution >= 4 is 0 Å². The van der Waals surface area contributed by atoms with E-state index >= 15 is 0 Å². The standard InChI is InChI=1S/C5H14NO.C3H6.C2H6O2.ClH/c1-6(2,3)4-5-7;1-3-2;3-1-2-4;/h7H,4-5H2,1-3H3;3H,1H2,2H3;3-4H,1-2H2;1H/q+1;;;/p-1. The fourth-order valence-electron chi connectivity index (χ4n) is 0.300. The van der Waals surface area contributed by atoms with E-state index in [4.69, 9.17) is 15.3 Å². The normalized spacial score (nSPS) is 8.47. The zero-order valence-electron chi connectivity index (χ0n) is 10.3. The lowest BCUT2D eigenvalue weighted by atomic mass is 10.5. The topological polar surface area (TPSA) is 60.7 Å². The Hall–Kier alpha value is -0.130. The Labute approximate surface area is 99.9 Å². The van der Waals surface area contributed by atoms with Crippen LogP contribution < -0.4 is 12.4 Å². The highest BCUT2D eigenvalue weighted by Crippen LogP contribution is 1.84. The van der Waals surface area contributed by atoms with Crippen LogP contribution in [0.25, 0.3) is 0 Å². The Morgan fingerprint density at radius 3 is 1.27 bits per heavy atom. The molecule has 0 fully saturated rings. The van der Waals surface area contributed by atoms with Gasteiger partial charge >= 0.3 is 0 Å². The van der Waals surface area contributed by atoms with Crippen molar-refractivity contribution in [2.24, 2.45) is 0 Å². The van der Waals surface area contributed by atoms with Crippen molar-refractivity contribution < 1.29 is 32.2 Å². The quantitative estimate of drug-likeness (QED) is 0.363. The summed E-state index contributed by atoms with van der Waals surface area (Å²) >= 11 is 0. The summed E-state index contributed by atoms with van der Waals surface area (Å²) in [5.74, 6) is 0. The van der Waals surface area contributed by atoms with Crippen molar-refractivity contribution in [3.05, 3.63) is 12.7 Å². The second-order valence-electron chi connectivity index (χ2n) is 3.59. The van der Waals surface area contributed by atoms with Gasteiger partial charge in [0, 0.05) is 0 Å². The number of rotatable bonds is 3. The number of likely N-dealkylation sites (N-methyl/N-ethyl adjacent to an activating group) is 1. The van der Waals surface area contributed by atoms with Crippen molar-refractivity contribution in [2.45, 2.75) is 6.92 Å². The molecule has 0 bridgehead atoms. The third-order valence-corrected chi connectivity index (χ3v) is 0.871. The molecule has 0 aliphatic carbocycles. The van der Waals surface area contributed by atoms with E-state index in [9.17, 15) is 0 Å². The molecule has 0 aliphatic heterocycles. The highest BCUT2D eigenvalue weighted by Gasteiger charge is 2.02. The minimum Gasteiger partial charge on any atom is -1.00 e. The van der Waals surface area contributed by atoms with Gasteiger partial charge in [-0.1, -0.05) is 6.08 Å². The zero-order valence-corrected chi connectivity index (χ0v) is 11.0. The molecule has 5 heteroatoms. The number of aliphatic hydroxyl groups excluding tert-OH is 3. The first-order valence-corrected chi connectivity index (χ1v) is 4.59. The van der Waals surface area contributed by atoms with E-state index in [1.54, 1.807) is 6.08 Å². The average Bonchev–Trinajstić information content (AvgIpc) is 2.04. The summed E-state index contributed by atoms with van der Waals surface area (Å²) in [7, 11) is 6.16. The Morgan fingerprint density at radius 1 is 1.00 bits per heavy atom. The van der Waals surface area contributed by atoms with Crippen LogP contribution in [0.2, 0.25) is 0 Å². The maximum Gasteiger partial charge on any atom is 0.101 e. The molecule has 0 heterocycles. The second-order valence-corrected chi connectivity index (χ2v) is 3.59. The number of nitrogens with zero attached hydrogens (tertiary/aromatic N) is 1. The summed E-state index contributed by atoms with van der Waals surface area (Å²) in [6.07, 6.45) is 1.75. The van der Waals surface area contributed by atoms with Crippen LogP contribution in [0, 0.1) is 0 Å². The van der Waals surface area contributed by atoms with Gasteiger partial charge in [0.25, 0.3) is 0 Å². The fraction of sp³-hybridized carbons (Fsp3) is 0.800. The number of aliphatic hydroxyl groups is 3. The Bertz CT molecular complexity index is 103. The number of quaternary nitrogens is 1. The monoisotopic (exact) mass is 243 g/mol. The van der Waals surface area contributed by atoms with Crippen LogP contribution in [-0.4, -0.2) is 67.3 Å². The van der Waals surface area contributed by atoms with E-state index in [1.807, 2.05) is 6.92 Å². The van der Waals surface area contributed by atoms with Gasteiger partial charge in [-0.3, -0.25) is 0 Å². The van der Waals surface area contributed by atoms with Gasteiger partial charge in [-0.2, -0.15) is 0 Å².